The molecule has 2 aromatic carbocycles. The second-order valence-electron chi connectivity index (χ2n) is 7.89. The summed E-state index contributed by atoms with van der Waals surface area (Å²) in [6.07, 6.45) is 2.58. The lowest BCUT2D eigenvalue weighted by Crippen LogP contribution is -2.47. The molecule has 7 nitrogen and oxygen atoms in total. The maximum Gasteiger partial charge on any atom is 0.287 e. The Balaban J connectivity index is 1.67. The highest BCUT2D eigenvalue weighted by molar-refractivity contribution is 5.96. The van der Waals surface area contributed by atoms with E-state index >= 15 is 0 Å². The van der Waals surface area contributed by atoms with E-state index in [1.165, 1.54) is 6.26 Å². The van der Waals surface area contributed by atoms with Crippen molar-refractivity contribution in [2.75, 3.05) is 0 Å². The van der Waals surface area contributed by atoms with Crippen LogP contribution in [0, 0.1) is 0 Å². The molecule has 0 aliphatic heterocycles. The summed E-state index contributed by atoms with van der Waals surface area (Å²) in [5.41, 5.74) is 2.24. The van der Waals surface area contributed by atoms with Crippen LogP contribution in [-0.4, -0.2) is 29.8 Å². The van der Waals surface area contributed by atoms with Gasteiger partial charge in [-0.05, 0) is 48.7 Å². The predicted molar refractivity (Wildman–Crippen MR) is 126 cm³/mol. The van der Waals surface area contributed by atoms with Crippen LogP contribution >= 0.6 is 0 Å². The molecule has 0 fully saturated rings. The van der Waals surface area contributed by atoms with Crippen LogP contribution in [0.3, 0.4) is 0 Å². The van der Waals surface area contributed by atoms with Gasteiger partial charge in [-0.15, -0.1) is 0 Å². The van der Waals surface area contributed by atoms with Gasteiger partial charge in [0.1, 0.15) is 6.04 Å². The zero-order valence-corrected chi connectivity index (χ0v) is 18.8. The highest BCUT2D eigenvalue weighted by atomic mass is 16.3. The Morgan fingerprint density at radius 3 is 2.33 bits per heavy atom. The van der Waals surface area contributed by atoms with Gasteiger partial charge in [-0.1, -0.05) is 49.4 Å². The maximum absolute atomic E-state index is 13.0. The van der Waals surface area contributed by atoms with Crippen molar-refractivity contribution in [3.8, 4) is 0 Å². The molecule has 0 aliphatic rings. The van der Waals surface area contributed by atoms with Gasteiger partial charge in [-0.25, -0.2) is 0 Å². The lowest BCUT2D eigenvalue weighted by molar-refractivity contribution is -0.123. The fraction of sp³-hybridized carbons (Fsp3) is 0.269. The largest absolute Gasteiger partial charge is 0.459 e. The van der Waals surface area contributed by atoms with Crippen molar-refractivity contribution < 1.29 is 18.8 Å². The molecule has 3 amide bonds. The van der Waals surface area contributed by atoms with Crippen LogP contribution in [0.15, 0.2) is 77.4 Å². The highest BCUT2D eigenvalue weighted by Crippen LogP contribution is 2.09. The summed E-state index contributed by atoms with van der Waals surface area (Å²) < 4.78 is 5.14. The Kier molecular flexibility index (Phi) is 8.41. The molecule has 0 bridgehead atoms. The van der Waals surface area contributed by atoms with Gasteiger partial charge in [-0.2, -0.15) is 0 Å². The quantitative estimate of drug-likeness (QED) is 0.443. The number of hydrogen-bond acceptors (Lipinski definition) is 4. The van der Waals surface area contributed by atoms with E-state index < -0.39 is 11.9 Å². The van der Waals surface area contributed by atoms with Crippen LogP contribution in [0.4, 0.5) is 0 Å². The molecule has 0 aliphatic carbocycles. The standard InChI is InChI=1S/C26H29N3O4/c1-3-18(2)28-24(30)21-12-7-11-20(15-21)17-27-25(31)22(16-19-9-5-4-6-10-19)29-26(32)23-13-8-14-33-23/h4-15,18,22H,3,16-17H2,1-2H3,(H,27,31)(H,28,30)(H,29,32). The van der Waals surface area contributed by atoms with E-state index in [1.807, 2.05) is 50.2 Å². The fourth-order valence-corrected chi connectivity index (χ4v) is 3.24. The molecular formula is C26H29N3O4. The van der Waals surface area contributed by atoms with Crippen LogP contribution in [0.25, 0.3) is 0 Å². The Morgan fingerprint density at radius 1 is 0.879 bits per heavy atom. The minimum Gasteiger partial charge on any atom is -0.459 e. The van der Waals surface area contributed by atoms with Gasteiger partial charge in [0.25, 0.3) is 11.8 Å². The highest BCUT2D eigenvalue weighted by Gasteiger charge is 2.23. The van der Waals surface area contributed by atoms with E-state index in [4.69, 9.17) is 4.42 Å². The second kappa shape index (κ2) is 11.7. The van der Waals surface area contributed by atoms with Crippen molar-refractivity contribution in [1.29, 1.82) is 0 Å². The van der Waals surface area contributed by atoms with Gasteiger partial charge >= 0.3 is 0 Å². The normalized spacial score (nSPS) is 12.4. The monoisotopic (exact) mass is 447 g/mol. The summed E-state index contributed by atoms with van der Waals surface area (Å²) >= 11 is 0. The summed E-state index contributed by atoms with van der Waals surface area (Å²) in [6.45, 7) is 4.19. The van der Waals surface area contributed by atoms with Crippen LogP contribution in [0.2, 0.25) is 0 Å². The third-order valence-corrected chi connectivity index (χ3v) is 5.30. The molecule has 3 N–H and O–H groups in total. The molecule has 172 valence electrons. The fourth-order valence-electron chi connectivity index (χ4n) is 3.24. The Labute approximate surface area is 193 Å². The number of rotatable bonds is 10. The maximum atomic E-state index is 13.0. The van der Waals surface area contributed by atoms with Crippen molar-refractivity contribution >= 4 is 17.7 Å². The van der Waals surface area contributed by atoms with Crippen LogP contribution in [-0.2, 0) is 17.8 Å². The van der Waals surface area contributed by atoms with Gasteiger partial charge in [0, 0.05) is 24.6 Å². The SMILES string of the molecule is CCC(C)NC(=O)c1cccc(CNC(=O)C(Cc2ccccc2)NC(=O)c2ccco2)c1. The van der Waals surface area contributed by atoms with E-state index in [0.29, 0.717) is 12.0 Å². The average molecular weight is 448 g/mol. The molecular weight excluding hydrogens is 418 g/mol. The minimum atomic E-state index is -0.790. The first-order valence-corrected chi connectivity index (χ1v) is 11.0. The molecule has 0 saturated carbocycles. The average Bonchev–Trinajstić information content (AvgIpc) is 3.38. The molecule has 7 heteroatoms. The molecule has 1 aromatic heterocycles. The van der Waals surface area contributed by atoms with E-state index in [9.17, 15) is 14.4 Å². The Hall–Kier alpha value is -3.87. The van der Waals surface area contributed by atoms with Gasteiger partial charge < -0.3 is 20.4 Å². The minimum absolute atomic E-state index is 0.0809. The first-order chi connectivity index (χ1) is 16.0. The molecule has 3 aromatic rings. The second-order valence-corrected chi connectivity index (χ2v) is 7.89. The predicted octanol–water partition coefficient (Wildman–Crippen LogP) is 3.47. The van der Waals surface area contributed by atoms with Gasteiger partial charge in [0.2, 0.25) is 5.91 Å². The third kappa shape index (κ3) is 7.07. The number of carbonyl (C=O) groups excluding carboxylic acids is 3. The van der Waals surface area contributed by atoms with Crippen molar-refractivity contribution in [2.24, 2.45) is 0 Å². The number of furan rings is 1. The van der Waals surface area contributed by atoms with E-state index in [1.54, 1.807) is 30.3 Å². The Bertz CT molecular complexity index is 1060. The van der Waals surface area contributed by atoms with Crippen molar-refractivity contribution in [1.82, 2.24) is 16.0 Å². The number of hydrogen-bond donors (Lipinski definition) is 3. The molecule has 2 unspecified atom stereocenters. The van der Waals surface area contributed by atoms with Crippen molar-refractivity contribution in [2.45, 2.75) is 45.3 Å². The first-order valence-electron chi connectivity index (χ1n) is 11.0. The van der Waals surface area contributed by atoms with E-state index in [2.05, 4.69) is 16.0 Å². The number of benzene rings is 2. The van der Waals surface area contributed by atoms with E-state index in [-0.39, 0.29) is 30.2 Å². The molecule has 0 saturated heterocycles. The van der Waals surface area contributed by atoms with Crippen molar-refractivity contribution in [3.63, 3.8) is 0 Å². The van der Waals surface area contributed by atoms with Gasteiger partial charge in [-0.3, -0.25) is 14.4 Å². The summed E-state index contributed by atoms with van der Waals surface area (Å²) in [5, 5.41) is 8.56. The van der Waals surface area contributed by atoms with E-state index in [0.717, 1.165) is 17.5 Å². The number of carbonyl (C=O) groups is 3. The van der Waals surface area contributed by atoms with Crippen LogP contribution < -0.4 is 16.0 Å². The van der Waals surface area contributed by atoms with Crippen molar-refractivity contribution in [3.05, 3.63) is 95.4 Å². The number of nitrogens with one attached hydrogen (secondary N) is 3. The van der Waals surface area contributed by atoms with Crippen LogP contribution in [0.5, 0.6) is 0 Å². The lowest BCUT2D eigenvalue weighted by atomic mass is 10.0. The lowest BCUT2D eigenvalue weighted by Gasteiger charge is -2.18. The summed E-state index contributed by atoms with van der Waals surface area (Å²) in [4.78, 5) is 37.9. The van der Waals surface area contributed by atoms with Gasteiger partial charge in [0.15, 0.2) is 5.76 Å². The smallest absolute Gasteiger partial charge is 0.287 e. The molecule has 33 heavy (non-hydrogen) atoms. The summed E-state index contributed by atoms with van der Waals surface area (Å²) in [6, 6.07) is 19.0. The molecule has 2 atom stereocenters. The zero-order valence-electron chi connectivity index (χ0n) is 18.8. The molecule has 3 rings (SSSR count). The first kappa shape index (κ1) is 23.8. The Morgan fingerprint density at radius 2 is 1.64 bits per heavy atom. The zero-order chi connectivity index (χ0) is 23.6. The van der Waals surface area contributed by atoms with Gasteiger partial charge in [0.05, 0.1) is 6.26 Å². The summed E-state index contributed by atoms with van der Waals surface area (Å²) in [5.74, 6) is -0.793. The molecule has 1 heterocycles. The topological polar surface area (TPSA) is 100 Å². The summed E-state index contributed by atoms with van der Waals surface area (Å²) in [7, 11) is 0. The third-order valence-electron chi connectivity index (χ3n) is 5.30. The number of amides is 3. The molecule has 0 radical (unpaired) electrons. The molecule has 0 spiro atoms. The van der Waals surface area contributed by atoms with Crippen LogP contribution in [0.1, 0.15) is 52.3 Å².